The summed E-state index contributed by atoms with van der Waals surface area (Å²) in [7, 11) is 1.56. The highest BCUT2D eigenvalue weighted by Gasteiger charge is 2.58. The standard InChI is InChI=1S/C36H35F3N6O5/c1-49-34(13-11-24-18-41-22-42-19-24)14-12-28(29(17-34)25-5-3-2-4-6-25)32(46)44-16-15-35(48,36(38,39)21-44)20-45-23-43-31(30(40)33(45)47)50-27-9-7-26(37)8-10-27/h2-10,18-19,22-23,28-29,48H,12,14-17,20-21,40H2,1H3/t28-,29+,34-,35+/m1/s1. The number of aliphatic hydroxyl groups is 1. The van der Waals surface area contributed by atoms with E-state index >= 15 is 8.78 Å². The number of nitrogen functional groups attached to an aromatic ring is 1. The third-order valence-corrected chi connectivity index (χ3v) is 9.50. The Labute approximate surface area is 285 Å². The van der Waals surface area contributed by atoms with Crippen LogP contribution in [0.15, 0.2) is 84.4 Å². The lowest BCUT2D eigenvalue weighted by atomic mass is 9.68. The van der Waals surface area contributed by atoms with Crippen LogP contribution in [0.1, 0.15) is 42.7 Å². The highest BCUT2D eigenvalue weighted by Crippen LogP contribution is 2.46. The van der Waals surface area contributed by atoms with Crippen LogP contribution in [0.3, 0.4) is 0 Å². The van der Waals surface area contributed by atoms with Gasteiger partial charge in [0.1, 0.15) is 35.4 Å². The Hall–Kier alpha value is -5.26. The Balaban J connectivity index is 1.19. The molecule has 3 heterocycles. The maximum Gasteiger partial charge on any atom is 0.295 e. The fourth-order valence-corrected chi connectivity index (χ4v) is 6.60. The maximum atomic E-state index is 15.9. The molecule has 0 spiro atoms. The number of nitrogens with two attached hydrogens (primary N) is 1. The van der Waals surface area contributed by atoms with Crippen molar-refractivity contribution < 1.29 is 32.5 Å². The molecule has 0 unspecified atom stereocenters. The van der Waals surface area contributed by atoms with Crippen LogP contribution in [0.4, 0.5) is 18.9 Å². The van der Waals surface area contributed by atoms with Crippen molar-refractivity contribution in [3.05, 3.63) is 107 Å². The van der Waals surface area contributed by atoms with Gasteiger partial charge in [-0.25, -0.2) is 28.1 Å². The van der Waals surface area contributed by atoms with E-state index in [-0.39, 0.29) is 18.2 Å². The first-order valence-electron chi connectivity index (χ1n) is 16.0. The summed E-state index contributed by atoms with van der Waals surface area (Å²) in [6.45, 7) is -2.05. The highest BCUT2D eigenvalue weighted by atomic mass is 19.3. The molecule has 6 rings (SSSR count). The number of carbonyl (C=O) groups excluding carboxylic acids is 1. The van der Waals surface area contributed by atoms with E-state index in [1.807, 2.05) is 30.3 Å². The predicted molar refractivity (Wildman–Crippen MR) is 176 cm³/mol. The zero-order valence-electron chi connectivity index (χ0n) is 27.1. The van der Waals surface area contributed by atoms with Gasteiger partial charge in [0.15, 0.2) is 5.69 Å². The largest absolute Gasteiger partial charge is 0.437 e. The number of halogens is 3. The number of hydrogen-bond donors (Lipinski definition) is 2. The molecule has 14 heteroatoms. The average Bonchev–Trinajstić information content (AvgIpc) is 3.13. The van der Waals surface area contributed by atoms with Gasteiger partial charge in [0.05, 0.1) is 18.7 Å². The Morgan fingerprint density at radius 3 is 2.50 bits per heavy atom. The molecular weight excluding hydrogens is 653 g/mol. The second-order valence-electron chi connectivity index (χ2n) is 12.6. The lowest BCUT2D eigenvalue weighted by Gasteiger charge is -2.47. The van der Waals surface area contributed by atoms with E-state index in [1.54, 1.807) is 19.5 Å². The van der Waals surface area contributed by atoms with Crippen molar-refractivity contribution in [2.45, 2.75) is 55.3 Å². The van der Waals surface area contributed by atoms with Crippen molar-refractivity contribution in [1.82, 2.24) is 24.4 Å². The lowest BCUT2D eigenvalue weighted by Crippen LogP contribution is -2.64. The first-order chi connectivity index (χ1) is 23.9. The van der Waals surface area contributed by atoms with Crippen LogP contribution >= 0.6 is 0 Å². The molecule has 2 aliphatic rings. The smallest absolute Gasteiger partial charge is 0.295 e. The lowest BCUT2D eigenvalue weighted by molar-refractivity contribution is -0.223. The van der Waals surface area contributed by atoms with Gasteiger partial charge in [0, 0.05) is 38.4 Å². The van der Waals surface area contributed by atoms with Crippen molar-refractivity contribution in [2.24, 2.45) is 5.92 Å². The van der Waals surface area contributed by atoms with Crippen LogP contribution in [0, 0.1) is 23.6 Å². The minimum atomic E-state index is -3.80. The minimum Gasteiger partial charge on any atom is -0.437 e. The SMILES string of the molecule is CO[C@]1(C#Cc2cncnc2)CC[C@@H](C(=O)N2CC[C@](O)(Cn3cnc(Oc4ccc(F)cc4)c(N)c3=O)C(F)(F)C2)[C@H](c2ccccc2)C1. The fraction of sp³-hybridized carbons (Fsp3) is 0.361. The molecular formula is C36H35F3N6O5. The number of ether oxygens (including phenoxy) is 2. The van der Waals surface area contributed by atoms with Gasteiger partial charge >= 0.3 is 0 Å². The number of methoxy groups -OCH3 is 1. The van der Waals surface area contributed by atoms with Crippen molar-refractivity contribution >= 4 is 11.6 Å². The minimum absolute atomic E-state index is 0.153. The van der Waals surface area contributed by atoms with Crippen LogP contribution in [0.2, 0.25) is 0 Å². The van der Waals surface area contributed by atoms with Crippen molar-refractivity contribution in [3.8, 4) is 23.5 Å². The topological polar surface area (TPSA) is 146 Å². The van der Waals surface area contributed by atoms with E-state index in [0.717, 1.165) is 33.5 Å². The van der Waals surface area contributed by atoms with Gasteiger partial charge < -0.3 is 25.2 Å². The van der Waals surface area contributed by atoms with Gasteiger partial charge in [-0.15, -0.1) is 0 Å². The summed E-state index contributed by atoms with van der Waals surface area (Å²) in [6.07, 6.45) is 6.08. The molecule has 50 heavy (non-hydrogen) atoms. The molecule has 3 N–H and O–H groups in total. The van der Waals surface area contributed by atoms with E-state index in [4.69, 9.17) is 15.2 Å². The molecule has 1 saturated carbocycles. The summed E-state index contributed by atoms with van der Waals surface area (Å²) in [4.78, 5) is 40.2. The second kappa shape index (κ2) is 13.9. The Morgan fingerprint density at radius 2 is 1.82 bits per heavy atom. The van der Waals surface area contributed by atoms with Crippen LogP contribution in [0.5, 0.6) is 11.6 Å². The molecule has 2 fully saturated rings. The molecule has 2 aromatic carbocycles. The number of aromatic nitrogens is 4. The summed E-state index contributed by atoms with van der Waals surface area (Å²) < 4.78 is 57.2. The van der Waals surface area contributed by atoms with Crippen molar-refractivity contribution in [2.75, 3.05) is 25.9 Å². The van der Waals surface area contributed by atoms with Gasteiger partial charge in [0.25, 0.3) is 11.5 Å². The molecule has 4 aromatic rings. The number of rotatable bonds is 7. The molecule has 1 aliphatic heterocycles. The normalized spacial score (nSPS) is 24.5. The number of likely N-dealkylation sites (tertiary alicyclic amines) is 1. The summed E-state index contributed by atoms with van der Waals surface area (Å²) >= 11 is 0. The molecule has 1 saturated heterocycles. The zero-order chi connectivity index (χ0) is 35.5. The number of amides is 1. The number of nitrogens with zero attached hydrogens (tertiary/aromatic N) is 5. The van der Waals surface area contributed by atoms with Gasteiger partial charge in [-0.1, -0.05) is 42.2 Å². The highest BCUT2D eigenvalue weighted by molar-refractivity contribution is 5.80. The molecule has 1 amide bonds. The van der Waals surface area contributed by atoms with Crippen LogP contribution in [-0.2, 0) is 16.1 Å². The molecule has 11 nitrogen and oxygen atoms in total. The average molecular weight is 689 g/mol. The number of anilines is 1. The van der Waals surface area contributed by atoms with Gasteiger partial charge in [-0.2, -0.15) is 0 Å². The van der Waals surface area contributed by atoms with Crippen LogP contribution in [0.25, 0.3) is 0 Å². The third-order valence-electron chi connectivity index (χ3n) is 9.50. The van der Waals surface area contributed by atoms with E-state index in [0.29, 0.717) is 24.8 Å². The number of benzene rings is 2. The Kier molecular flexibility index (Phi) is 9.64. The quantitative estimate of drug-likeness (QED) is 0.274. The summed E-state index contributed by atoms with van der Waals surface area (Å²) in [6, 6.07) is 14.2. The monoisotopic (exact) mass is 688 g/mol. The molecule has 4 atom stereocenters. The summed E-state index contributed by atoms with van der Waals surface area (Å²) in [5.74, 6) is 0.350. The van der Waals surface area contributed by atoms with Crippen LogP contribution in [-0.4, -0.2) is 72.8 Å². The Morgan fingerprint density at radius 1 is 1.10 bits per heavy atom. The van der Waals surface area contributed by atoms with Crippen molar-refractivity contribution in [3.63, 3.8) is 0 Å². The van der Waals surface area contributed by atoms with E-state index in [9.17, 15) is 19.1 Å². The molecule has 0 bridgehead atoms. The number of alkyl halides is 2. The fourth-order valence-electron chi connectivity index (χ4n) is 6.60. The van der Waals surface area contributed by atoms with E-state index in [1.165, 1.54) is 18.5 Å². The van der Waals surface area contributed by atoms with Gasteiger partial charge in [-0.3, -0.25) is 14.2 Å². The van der Waals surface area contributed by atoms with E-state index < -0.39 is 71.4 Å². The molecule has 0 radical (unpaired) electrons. The molecule has 1 aliphatic carbocycles. The molecule has 260 valence electrons. The predicted octanol–water partition coefficient (Wildman–Crippen LogP) is 4.17. The molecule has 2 aromatic heterocycles. The third kappa shape index (κ3) is 7.05. The number of piperidine rings is 1. The maximum absolute atomic E-state index is 15.9. The van der Waals surface area contributed by atoms with Gasteiger partial charge in [0.2, 0.25) is 11.8 Å². The number of hydrogen-bond acceptors (Lipinski definition) is 9. The Bertz CT molecular complexity index is 1950. The summed E-state index contributed by atoms with van der Waals surface area (Å²) in [5.41, 5.74) is 2.41. The van der Waals surface area contributed by atoms with Gasteiger partial charge in [-0.05, 0) is 55.0 Å². The zero-order valence-corrected chi connectivity index (χ0v) is 27.1. The van der Waals surface area contributed by atoms with Crippen molar-refractivity contribution in [1.29, 1.82) is 0 Å². The first kappa shape index (κ1) is 34.6. The number of carbonyl (C=O) groups is 1. The second-order valence-corrected chi connectivity index (χ2v) is 12.6. The first-order valence-corrected chi connectivity index (χ1v) is 16.0. The summed E-state index contributed by atoms with van der Waals surface area (Å²) in [5, 5.41) is 11.3. The van der Waals surface area contributed by atoms with E-state index in [2.05, 4.69) is 26.8 Å². The van der Waals surface area contributed by atoms with Crippen LogP contribution < -0.4 is 16.0 Å².